The average molecular weight is 206 g/mol. The Bertz CT molecular complexity index is 245. The zero-order valence-electron chi connectivity index (χ0n) is 9.72. The summed E-state index contributed by atoms with van der Waals surface area (Å²) >= 11 is 0. The van der Waals surface area contributed by atoms with Gasteiger partial charge in [0.05, 0.1) is 0 Å². The van der Waals surface area contributed by atoms with Gasteiger partial charge < -0.3 is 0 Å². The van der Waals surface area contributed by atoms with Gasteiger partial charge in [0.25, 0.3) is 0 Å². The predicted molar refractivity (Wildman–Crippen MR) is 70.5 cm³/mol. The molecule has 86 valence electrons. The summed E-state index contributed by atoms with van der Waals surface area (Å²) in [5.41, 5.74) is 2.85. The highest BCUT2D eigenvalue weighted by molar-refractivity contribution is 5.23. The molecule has 0 aliphatic heterocycles. The summed E-state index contributed by atoms with van der Waals surface area (Å²) in [4.78, 5) is 0. The van der Waals surface area contributed by atoms with E-state index < -0.39 is 0 Å². The molecule has 15 heavy (non-hydrogen) atoms. The highest BCUT2D eigenvalue weighted by Gasteiger charge is 2.03. The molecular formula is C15H26. The molecule has 0 saturated heterocycles. The molecule has 0 radical (unpaired) electrons. The van der Waals surface area contributed by atoms with Crippen molar-refractivity contribution in [1.29, 1.82) is 0 Å². The molecule has 0 fully saturated rings. The molecule has 1 aromatic carbocycles. The molecule has 0 heterocycles. The van der Waals surface area contributed by atoms with Crippen LogP contribution in [0, 0.1) is 6.92 Å². The largest absolute Gasteiger partial charge is 0.0776 e. The van der Waals surface area contributed by atoms with Crippen LogP contribution in [0.2, 0.25) is 0 Å². The summed E-state index contributed by atoms with van der Waals surface area (Å²) in [6, 6.07) is 8.97. The molecule has 1 rings (SSSR count). The molecule has 0 saturated carbocycles. The van der Waals surface area contributed by atoms with Gasteiger partial charge in [0, 0.05) is 0 Å². The molecule has 1 atom stereocenters. The van der Waals surface area contributed by atoms with Crippen molar-refractivity contribution < 1.29 is 0 Å². The minimum Gasteiger partial charge on any atom is -0.0776 e. The van der Waals surface area contributed by atoms with E-state index in [-0.39, 0.29) is 7.43 Å². The van der Waals surface area contributed by atoms with Crippen molar-refractivity contribution in [2.45, 2.75) is 59.8 Å². The van der Waals surface area contributed by atoms with Crippen molar-refractivity contribution in [3.8, 4) is 0 Å². The summed E-state index contributed by atoms with van der Waals surface area (Å²) in [7, 11) is 0. The Kier molecular flexibility index (Phi) is 7.11. The van der Waals surface area contributed by atoms with Gasteiger partial charge in [0.1, 0.15) is 0 Å². The van der Waals surface area contributed by atoms with Crippen LogP contribution < -0.4 is 0 Å². The van der Waals surface area contributed by atoms with Gasteiger partial charge in [-0.25, -0.2) is 0 Å². The minimum absolute atomic E-state index is 0. The van der Waals surface area contributed by atoms with Crippen LogP contribution >= 0.6 is 0 Å². The molecule has 0 aliphatic carbocycles. The fourth-order valence-electron chi connectivity index (χ4n) is 1.76. The normalized spacial score (nSPS) is 11.9. The number of benzene rings is 1. The minimum atomic E-state index is 0. The van der Waals surface area contributed by atoms with E-state index in [1.54, 1.807) is 0 Å². The van der Waals surface area contributed by atoms with E-state index in [1.165, 1.54) is 36.8 Å². The first-order chi connectivity index (χ1) is 6.74. The standard InChI is InChI=1S/C14H22.CH4/c1-4-5-6-7-13(3)14-10-8-12(2)9-11-14;/h8-11,13H,4-7H2,1-3H3;1H4. The third-order valence-corrected chi connectivity index (χ3v) is 2.89. The van der Waals surface area contributed by atoms with Crippen LogP contribution in [-0.4, -0.2) is 0 Å². The summed E-state index contributed by atoms with van der Waals surface area (Å²) in [6.07, 6.45) is 5.39. The van der Waals surface area contributed by atoms with Gasteiger partial charge in [-0.1, -0.05) is 70.4 Å². The van der Waals surface area contributed by atoms with Crippen molar-refractivity contribution in [1.82, 2.24) is 0 Å². The van der Waals surface area contributed by atoms with Crippen molar-refractivity contribution >= 4 is 0 Å². The first kappa shape index (κ1) is 14.2. The molecule has 0 aromatic heterocycles. The molecular weight excluding hydrogens is 180 g/mol. The lowest BCUT2D eigenvalue weighted by Crippen LogP contribution is -1.93. The van der Waals surface area contributed by atoms with E-state index in [4.69, 9.17) is 0 Å². The molecule has 0 aliphatic rings. The topological polar surface area (TPSA) is 0 Å². The van der Waals surface area contributed by atoms with Gasteiger partial charge in [-0.05, 0) is 24.8 Å². The van der Waals surface area contributed by atoms with Crippen LogP contribution in [0.1, 0.15) is 64.0 Å². The van der Waals surface area contributed by atoms with Crippen molar-refractivity contribution in [3.05, 3.63) is 35.4 Å². The molecule has 0 bridgehead atoms. The number of unbranched alkanes of at least 4 members (excludes halogenated alkanes) is 2. The molecule has 0 heteroatoms. The number of aryl methyl sites for hydroxylation is 1. The van der Waals surface area contributed by atoms with Gasteiger partial charge in [-0.3, -0.25) is 0 Å². The second-order valence-electron chi connectivity index (χ2n) is 4.31. The summed E-state index contributed by atoms with van der Waals surface area (Å²) < 4.78 is 0. The van der Waals surface area contributed by atoms with Gasteiger partial charge in [0.15, 0.2) is 0 Å². The Morgan fingerprint density at radius 2 is 1.67 bits per heavy atom. The first-order valence-electron chi connectivity index (χ1n) is 5.80. The molecule has 1 aromatic rings. The fourth-order valence-corrected chi connectivity index (χ4v) is 1.76. The van der Waals surface area contributed by atoms with E-state index in [0.29, 0.717) is 0 Å². The zero-order valence-corrected chi connectivity index (χ0v) is 9.72. The second kappa shape index (κ2) is 7.50. The van der Waals surface area contributed by atoms with Crippen molar-refractivity contribution in [2.75, 3.05) is 0 Å². The Morgan fingerprint density at radius 1 is 1.07 bits per heavy atom. The molecule has 0 spiro atoms. The van der Waals surface area contributed by atoms with E-state index in [0.717, 1.165) is 5.92 Å². The lowest BCUT2D eigenvalue weighted by atomic mass is 9.94. The highest BCUT2D eigenvalue weighted by Crippen LogP contribution is 2.21. The summed E-state index contributed by atoms with van der Waals surface area (Å²) in [5, 5.41) is 0. The molecule has 0 amide bonds. The molecule has 0 N–H and O–H groups in total. The van der Waals surface area contributed by atoms with Crippen molar-refractivity contribution in [3.63, 3.8) is 0 Å². The van der Waals surface area contributed by atoms with E-state index in [9.17, 15) is 0 Å². The quantitative estimate of drug-likeness (QED) is 0.572. The van der Waals surface area contributed by atoms with E-state index in [1.807, 2.05) is 0 Å². The number of hydrogen-bond donors (Lipinski definition) is 0. The maximum absolute atomic E-state index is 2.33. The Balaban J connectivity index is 0.00000196. The number of hydrogen-bond acceptors (Lipinski definition) is 0. The smallest absolute Gasteiger partial charge is 0.0190 e. The van der Waals surface area contributed by atoms with Crippen LogP contribution in [0.5, 0.6) is 0 Å². The van der Waals surface area contributed by atoms with Crippen LogP contribution in [0.3, 0.4) is 0 Å². The summed E-state index contributed by atoms with van der Waals surface area (Å²) in [6.45, 7) is 6.74. The Hall–Kier alpha value is -0.780. The van der Waals surface area contributed by atoms with Crippen LogP contribution in [0.25, 0.3) is 0 Å². The van der Waals surface area contributed by atoms with Crippen LogP contribution in [0.15, 0.2) is 24.3 Å². The summed E-state index contributed by atoms with van der Waals surface area (Å²) in [5.74, 6) is 0.724. The lowest BCUT2D eigenvalue weighted by Gasteiger charge is -2.11. The lowest BCUT2D eigenvalue weighted by molar-refractivity contribution is 0.598. The van der Waals surface area contributed by atoms with Crippen LogP contribution in [0.4, 0.5) is 0 Å². The van der Waals surface area contributed by atoms with Gasteiger partial charge >= 0.3 is 0 Å². The molecule has 0 nitrogen and oxygen atoms in total. The maximum atomic E-state index is 2.33. The van der Waals surface area contributed by atoms with Crippen LogP contribution in [-0.2, 0) is 0 Å². The van der Waals surface area contributed by atoms with E-state index in [2.05, 4.69) is 45.0 Å². The SMILES string of the molecule is C.CCCCCC(C)c1ccc(C)cc1. The second-order valence-corrected chi connectivity index (χ2v) is 4.31. The Labute approximate surface area is 95.7 Å². The third kappa shape index (κ3) is 5.01. The highest BCUT2D eigenvalue weighted by atomic mass is 14.1. The first-order valence-corrected chi connectivity index (χ1v) is 5.80. The average Bonchev–Trinajstić information content (AvgIpc) is 2.19. The van der Waals surface area contributed by atoms with Crippen molar-refractivity contribution in [2.24, 2.45) is 0 Å². The van der Waals surface area contributed by atoms with Gasteiger partial charge in [0.2, 0.25) is 0 Å². The number of rotatable bonds is 5. The van der Waals surface area contributed by atoms with Gasteiger partial charge in [-0.15, -0.1) is 0 Å². The molecule has 1 unspecified atom stereocenters. The Morgan fingerprint density at radius 3 is 2.20 bits per heavy atom. The van der Waals surface area contributed by atoms with E-state index >= 15 is 0 Å². The fraction of sp³-hybridized carbons (Fsp3) is 0.600. The monoisotopic (exact) mass is 206 g/mol. The van der Waals surface area contributed by atoms with Gasteiger partial charge in [-0.2, -0.15) is 0 Å². The zero-order chi connectivity index (χ0) is 10.4. The maximum Gasteiger partial charge on any atom is -0.0190 e. The predicted octanol–water partition coefficient (Wildman–Crippen LogP) is 5.31. The third-order valence-electron chi connectivity index (χ3n) is 2.89.